The van der Waals surface area contributed by atoms with E-state index in [0.29, 0.717) is 18.0 Å². The van der Waals surface area contributed by atoms with Crippen molar-refractivity contribution >= 4 is 11.9 Å². The topological polar surface area (TPSA) is 77.1 Å². The molecule has 0 aromatic heterocycles. The third-order valence-corrected chi connectivity index (χ3v) is 5.56. The normalized spacial score (nSPS) is 18.6. The molecule has 1 aliphatic rings. The number of hydrogen-bond donors (Lipinski definition) is 1. The van der Waals surface area contributed by atoms with Crippen LogP contribution in [-0.2, 0) is 22.3 Å². The van der Waals surface area contributed by atoms with Crippen LogP contribution in [0.1, 0.15) is 27.9 Å². The van der Waals surface area contributed by atoms with Crippen LogP contribution < -0.4 is 14.8 Å². The average molecular weight is 466 g/mol. The number of carbonyl (C=O) groups excluding carboxylic acids is 2. The molecule has 2 aromatic carbocycles. The highest BCUT2D eigenvalue weighted by atomic mass is 19.4. The number of esters is 1. The number of ether oxygens (including phenoxy) is 3. The summed E-state index contributed by atoms with van der Waals surface area (Å²) < 4.78 is 55.4. The van der Waals surface area contributed by atoms with Crippen molar-refractivity contribution in [3.05, 3.63) is 59.2 Å². The fourth-order valence-corrected chi connectivity index (χ4v) is 3.96. The summed E-state index contributed by atoms with van der Waals surface area (Å²) in [6.45, 7) is 0.549. The number of hydrogen-bond acceptors (Lipinski definition) is 6. The van der Waals surface area contributed by atoms with Crippen LogP contribution in [0.5, 0.6) is 11.5 Å². The number of rotatable bonds is 7. The van der Waals surface area contributed by atoms with E-state index >= 15 is 0 Å². The first-order valence-electron chi connectivity index (χ1n) is 10.2. The fraction of sp³-hybridized carbons (Fsp3) is 0.391. The molecule has 0 spiro atoms. The van der Waals surface area contributed by atoms with Crippen molar-refractivity contribution in [3.63, 3.8) is 0 Å². The molecule has 1 saturated heterocycles. The van der Waals surface area contributed by atoms with E-state index in [1.54, 1.807) is 23.1 Å². The van der Waals surface area contributed by atoms with Crippen LogP contribution in [0.2, 0.25) is 0 Å². The van der Waals surface area contributed by atoms with Gasteiger partial charge in [0.1, 0.15) is 17.5 Å². The summed E-state index contributed by atoms with van der Waals surface area (Å²) in [5.74, 6) is -0.171. The van der Waals surface area contributed by atoms with E-state index in [1.165, 1.54) is 33.5 Å². The Bertz CT molecular complexity index is 1010. The number of nitrogens with zero attached hydrogens (tertiary/aromatic N) is 1. The molecule has 2 aromatic rings. The monoisotopic (exact) mass is 466 g/mol. The van der Waals surface area contributed by atoms with Gasteiger partial charge in [-0.2, -0.15) is 13.2 Å². The van der Waals surface area contributed by atoms with Crippen molar-refractivity contribution in [2.24, 2.45) is 0 Å². The molecule has 33 heavy (non-hydrogen) atoms. The number of halogens is 3. The van der Waals surface area contributed by atoms with Gasteiger partial charge in [-0.15, -0.1) is 0 Å². The zero-order chi connectivity index (χ0) is 24.2. The van der Waals surface area contributed by atoms with E-state index in [9.17, 15) is 22.8 Å². The lowest BCUT2D eigenvalue weighted by Crippen LogP contribution is -2.38. The third kappa shape index (κ3) is 5.57. The standard InChI is InChI=1S/C23H25F3N2O5/c1-31-16-9-8-14(20(11-16)32-2)12-28-13-15(10-19(28)22(30)33-3)27-21(29)17-6-4-5-7-18(17)23(24,25)26/h4-9,11,15,19H,10,12-13H2,1-3H3,(H,27,29)/t15-,19-/m0/s1. The lowest BCUT2D eigenvalue weighted by Gasteiger charge is -2.23. The molecular weight excluding hydrogens is 441 g/mol. The Kier molecular flexibility index (Phi) is 7.47. The van der Waals surface area contributed by atoms with Gasteiger partial charge in [0.25, 0.3) is 5.91 Å². The number of amides is 1. The zero-order valence-electron chi connectivity index (χ0n) is 18.4. The van der Waals surface area contributed by atoms with Gasteiger partial charge < -0.3 is 19.5 Å². The number of carbonyl (C=O) groups is 2. The average Bonchev–Trinajstić information content (AvgIpc) is 3.20. The highest BCUT2D eigenvalue weighted by Gasteiger charge is 2.40. The largest absolute Gasteiger partial charge is 0.497 e. The first-order chi connectivity index (χ1) is 15.7. The SMILES string of the molecule is COC(=O)[C@@H]1C[C@H](NC(=O)c2ccccc2C(F)(F)F)CN1Cc1ccc(OC)cc1OC. The molecule has 1 N–H and O–H groups in total. The Labute approximate surface area is 189 Å². The summed E-state index contributed by atoms with van der Waals surface area (Å²) in [5, 5.41) is 2.64. The summed E-state index contributed by atoms with van der Waals surface area (Å²) in [7, 11) is 4.31. The number of likely N-dealkylation sites (tertiary alicyclic amines) is 1. The second-order valence-corrected chi connectivity index (χ2v) is 7.60. The van der Waals surface area contributed by atoms with Crippen LogP contribution in [-0.4, -0.2) is 56.7 Å². The molecule has 1 heterocycles. The van der Waals surface area contributed by atoms with Crippen molar-refractivity contribution in [1.82, 2.24) is 10.2 Å². The lowest BCUT2D eigenvalue weighted by molar-refractivity contribution is -0.146. The van der Waals surface area contributed by atoms with E-state index in [1.807, 2.05) is 0 Å². The molecule has 2 atom stereocenters. The molecule has 7 nitrogen and oxygen atoms in total. The maximum absolute atomic E-state index is 13.3. The molecule has 1 amide bonds. The number of benzene rings is 2. The van der Waals surface area contributed by atoms with Gasteiger partial charge in [-0.25, -0.2) is 0 Å². The molecule has 1 fully saturated rings. The highest BCUT2D eigenvalue weighted by Crippen LogP contribution is 2.32. The van der Waals surface area contributed by atoms with Crippen molar-refractivity contribution in [1.29, 1.82) is 0 Å². The first-order valence-corrected chi connectivity index (χ1v) is 10.2. The molecule has 0 bridgehead atoms. The molecule has 3 rings (SSSR count). The molecule has 0 radical (unpaired) electrons. The van der Waals surface area contributed by atoms with Crippen LogP contribution >= 0.6 is 0 Å². The van der Waals surface area contributed by atoms with E-state index in [2.05, 4.69) is 5.32 Å². The van der Waals surface area contributed by atoms with Crippen LogP contribution in [0, 0.1) is 0 Å². The minimum atomic E-state index is -4.66. The highest BCUT2D eigenvalue weighted by molar-refractivity contribution is 5.96. The number of methoxy groups -OCH3 is 3. The molecule has 0 unspecified atom stereocenters. The summed E-state index contributed by atoms with van der Waals surface area (Å²) in [4.78, 5) is 26.9. The van der Waals surface area contributed by atoms with Gasteiger partial charge in [0, 0.05) is 30.8 Å². The quantitative estimate of drug-likeness (QED) is 0.632. The van der Waals surface area contributed by atoms with Crippen LogP contribution in [0.25, 0.3) is 0 Å². The Balaban J connectivity index is 1.79. The molecule has 0 aliphatic carbocycles. The van der Waals surface area contributed by atoms with Crippen LogP contribution in [0.3, 0.4) is 0 Å². The molecule has 10 heteroatoms. The molecule has 178 valence electrons. The Morgan fingerprint density at radius 3 is 2.45 bits per heavy atom. The van der Waals surface area contributed by atoms with E-state index in [4.69, 9.17) is 14.2 Å². The smallest absolute Gasteiger partial charge is 0.417 e. The summed E-state index contributed by atoms with van der Waals surface area (Å²) in [6, 6.07) is 8.65. The number of nitrogens with one attached hydrogen (secondary N) is 1. The number of alkyl halides is 3. The van der Waals surface area contributed by atoms with Crippen molar-refractivity contribution < 1.29 is 37.0 Å². The lowest BCUT2D eigenvalue weighted by atomic mass is 10.1. The van der Waals surface area contributed by atoms with Crippen LogP contribution in [0.15, 0.2) is 42.5 Å². The van der Waals surface area contributed by atoms with Crippen molar-refractivity contribution in [2.75, 3.05) is 27.9 Å². The van der Waals surface area contributed by atoms with E-state index < -0.39 is 41.3 Å². The third-order valence-electron chi connectivity index (χ3n) is 5.56. The maximum atomic E-state index is 13.3. The molecule has 0 saturated carbocycles. The predicted molar refractivity (Wildman–Crippen MR) is 113 cm³/mol. The predicted octanol–water partition coefficient (Wildman–Crippen LogP) is 3.27. The minimum absolute atomic E-state index is 0.199. The summed E-state index contributed by atoms with van der Waals surface area (Å²) >= 11 is 0. The van der Waals surface area contributed by atoms with Gasteiger partial charge in [-0.05, 0) is 24.6 Å². The Morgan fingerprint density at radius 1 is 1.09 bits per heavy atom. The van der Waals surface area contributed by atoms with Gasteiger partial charge in [0.2, 0.25) is 0 Å². The van der Waals surface area contributed by atoms with E-state index in [-0.39, 0.29) is 13.0 Å². The summed E-state index contributed by atoms with van der Waals surface area (Å²) in [5.41, 5.74) is -0.693. The molecule has 1 aliphatic heterocycles. The van der Waals surface area contributed by atoms with Gasteiger partial charge in [0.15, 0.2) is 0 Å². The fourth-order valence-electron chi connectivity index (χ4n) is 3.96. The minimum Gasteiger partial charge on any atom is -0.497 e. The maximum Gasteiger partial charge on any atom is 0.417 e. The van der Waals surface area contributed by atoms with Gasteiger partial charge >= 0.3 is 12.1 Å². The van der Waals surface area contributed by atoms with Gasteiger partial charge in [-0.1, -0.05) is 18.2 Å². The van der Waals surface area contributed by atoms with E-state index in [0.717, 1.165) is 17.7 Å². The summed E-state index contributed by atoms with van der Waals surface area (Å²) in [6.07, 6.45) is -4.46. The molecular formula is C23H25F3N2O5. The zero-order valence-corrected chi connectivity index (χ0v) is 18.4. The Morgan fingerprint density at radius 2 is 1.82 bits per heavy atom. The van der Waals surface area contributed by atoms with Crippen molar-refractivity contribution in [3.8, 4) is 11.5 Å². The second-order valence-electron chi connectivity index (χ2n) is 7.60. The Hall–Kier alpha value is -3.27. The van der Waals surface area contributed by atoms with Crippen LogP contribution in [0.4, 0.5) is 13.2 Å². The first kappa shape index (κ1) is 24.4. The van der Waals surface area contributed by atoms with Crippen molar-refractivity contribution in [2.45, 2.75) is 31.2 Å². The van der Waals surface area contributed by atoms with Gasteiger partial charge in [0.05, 0.1) is 32.5 Å². The van der Waals surface area contributed by atoms with Gasteiger partial charge in [-0.3, -0.25) is 14.5 Å². The second kappa shape index (κ2) is 10.1.